The predicted octanol–water partition coefficient (Wildman–Crippen LogP) is 1.49. The molecular formula is C10H16N4S. The molecule has 0 aromatic carbocycles. The van der Waals surface area contributed by atoms with Gasteiger partial charge in [0.15, 0.2) is 0 Å². The fourth-order valence-electron chi connectivity index (χ4n) is 1.83. The van der Waals surface area contributed by atoms with Gasteiger partial charge in [-0.15, -0.1) is 11.8 Å². The summed E-state index contributed by atoms with van der Waals surface area (Å²) in [5, 5.41) is 3.31. The number of anilines is 1. The standard InChI is InChI=1S/C10H16N4S/c1-15-9-5-12-10(13-6-9)14-8-3-2-7(11)4-8/h5-8H,2-4,11H2,1H3,(H,12,13,14). The van der Waals surface area contributed by atoms with Gasteiger partial charge in [-0.05, 0) is 25.5 Å². The molecule has 0 saturated heterocycles. The summed E-state index contributed by atoms with van der Waals surface area (Å²) in [4.78, 5) is 9.60. The third-order valence-corrected chi connectivity index (χ3v) is 3.35. The predicted molar refractivity (Wildman–Crippen MR) is 63.1 cm³/mol. The maximum absolute atomic E-state index is 5.84. The fourth-order valence-corrected chi connectivity index (χ4v) is 2.14. The third-order valence-electron chi connectivity index (χ3n) is 2.67. The van der Waals surface area contributed by atoms with Crippen molar-refractivity contribution < 1.29 is 0 Å². The molecule has 4 nitrogen and oxygen atoms in total. The Morgan fingerprint density at radius 1 is 1.40 bits per heavy atom. The first-order valence-corrected chi connectivity index (χ1v) is 6.38. The number of nitrogens with one attached hydrogen (secondary N) is 1. The zero-order valence-corrected chi connectivity index (χ0v) is 9.63. The quantitative estimate of drug-likeness (QED) is 0.762. The average Bonchev–Trinajstić information content (AvgIpc) is 2.65. The van der Waals surface area contributed by atoms with Gasteiger partial charge in [0.25, 0.3) is 0 Å². The van der Waals surface area contributed by atoms with Crippen molar-refractivity contribution in [1.29, 1.82) is 0 Å². The molecule has 2 atom stereocenters. The summed E-state index contributed by atoms with van der Waals surface area (Å²) in [6, 6.07) is 0.785. The zero-order valence-electron chi connectivity index (χ0n) is 8.81. The molecule has 0 radical (unpaired) electrons. The number of rotatable bonds is 3. The van der Waals surface area contributed by atoms with Gasteiger partial charge < -0.3 is 11.1 Å². The van der Waals surface area contributed by atoms with Crippen molar-refractivity contribution in [2.24, 2.45) is 5.73 Å². The van der Waals surface area contributed by atoms with Crippen LogP contribution < -0.4 is 11.1 Å². The van der Waals surface area contributed by atoms with E-state index in [4.69, 9.17) is 5.73 Å². The zero-order chi connectivity index (χ0) is 10.7. The summed E-state index contributed by atoms with van der Waals surface area (Å²) in [6.45, 7) is 0. The van der Waals surface area contributed by atoms with Gasteiger partial charge in [0.2, 0.25) is 5.95 Å². The molecule has 0 bridgehead atoms. The van der Waals surface area contributed by atoms with Crippen LogP contribution in [0.15, 0.2) is 17.3 Å². The molecule has 1 aliphatic rings. The molecule has 1 saturated carbocycles. The molecule has 2 rings (SSSR count). The van der Waals surface area contributed by atoms with Crippen molar-refractivity contribution in [3.05, 3.63) is 12.4 Å². The molecule has 1 heterocycles. The van der Waals surface area contributed by atoms with Crippen molar-refractivity contribution in [3.8, 4) is 0 Å². The number of aromatic nitrogens is 2. The topological polar surface area (TPSA) is 63.8 Å². The molecule has 82 valence electrons. The second kappa shape index (κ2) is 4.81. The lowest BCUT2D eigenvalue weighted by Gasteiger charge is -2.11. The van der Waals surface area contributed by atoms with Crippen LogP contribution in [0.1, 0.15) is 19.3 Å². The van der Waals surface area contributed by atoms with Gasteiger partial charge in [0.05, 0.1) is 0 Å². The van der Waals surface area contributed by atoms with Gasteiger partial charge in [-0.25, -0.2) is 9.97 Å². The lowest BCUT2D eigenvalue weighted by Crippen LogP contribution is -2.21. The summed E-state index contributed by atoms with van der Waals surface area (Å²) in [5.74, 6) is 0.715. The normalized spacial score (nSPS) is 25.5. The Kier molecular flexibility index (Phi) is 3.43. The van der Waals surface area contributed by atoms with Gasteiger partial charge in [-0.1, -0.05) is 0 Å². The Hall–Kier alpha value is -0.810. The highest BCUT2D eigenvalue weighted by Crippen LogP contribution is 2.20. The second-order valence-electron chi connectivity index (χ2n) is 3.86. The Balaban J connectivity index is 1.93. The lowest BCUT2D eigenvalue weighted by atomic mass is 10.2. The van der Waals surface area contributed by atoms with E-state index in [1.807, 2.05) is 18.6 Å². The molecular weight excluding hydrogens is 208 g/mol. The minimum atomic E-state index is 0.341. The minimum absolute atomic E-state index is 0.341. The molecule has 15 heavy (non-hydrogen) atoms. The van der Waals surface area contributed by atoms with E-state index < -0.39 is 0 Å². The highest BCUT2D eigenvalue weighted by Gasteiger charge is 2.21. The van der Waals surface area contributed by atoms with Crippen LogP contribution in [0.4, 0.5) is 5.95 Å². The smallest absolute Gasteiger partial charge is 0.222 e. The first-order chi connectivity index (χ1) is 7.28. The molecule has 1 aromatic heterocycles. The molecule has 1 aromatic rings. The molecule has 0 aliphatic heterocycles. The molecule has 2 unspecified atom stereocenters. The first kappa shape index (κ1) is 10.7. The maximum Gasteiger partial charge on any atom is 0.222 e. The summed E-state index contributed by atoms with van der Waals surface area (Å²) in [6.07, 6.45) is 8.94. The van der Waals surface area contributed by atoms with Crippen molar-refractivity contribution in [2.75, 3.05) is 11.6 Å². The first-order valence-electron chi connectivity index (χ1n) is 5.16. The van der Waals surface area contributed by atoms with E-state index in [1.54, 1.807) is 11.8 Å². The van der Waals surface area contributed by atoms with E-state index >= 15 is 0 Å². The van der Waals surface area contributed by atoms with Crippen LogP contribution in [0.25, 0.3) is 0 Å². The fraction of sp³-hybridized carbons (Fsp3) is 0.600. The third kappa shape index (κ3) is 2.82. The monoisotopic (exact) mass is 224 g/mol. The average molecular weight is 224 g/mol. The van der Waals surface area contributed by atoms with Crippen LogP contribution in [0.5, 0.6) is 0 Å². The number of thioether (sulfide) groups is 1. The lowest BCUT2D eigenvalue weighted by molar-refractivity contribution is 0.684. The van der Waals surface area contributed by atoms with Crippen LogP contribution in [-0.4, -0.2) is 28.3 Å². The molecule has 0 spiro atoms. The van der Waals surface area contributed by atoms with Gasteiger partial charge in [0, 0.05) is 29.4 Å². The van der Waals surface area contributed by atoms with E-state index in [2.05, 4.69) is 15.3 Å². The largest absolute Gasteiger partial charge is 0.351 e. The summed E-state index contributed by atoms with van der Waals surface area (Å²) >= 11 is 1.65. The van der Waals surface area contributed by atoms with Crippen LogP contribution in [0, 0.1) is 0 Å². The van der Waals surface area contributed by atoms with Crippen molar-refractivity contribution in [3.63, 3.8) is 0 Å². The number of hydrogen-bond acceptors (Lipinski definition) is 5. The Morgan fingerprint density at radius 2 is 2.13 bits per heavy atom. The van der Waals surface area contributed by atoms with Crippen LogP contribution in [0.3, 0.4) is 0 Å². The van der Waals surface area contributed by atoms with Gasteiger partial charge in [-0.2, -0.15) is 0 Å². The van der Waals surface area contributed by atoms with Gasteiger partial charge in [0.1, 0.15) is 0 Å². The Labute approximate surface area is 94.1 Å². The van der Waals surface area contributed by atoms with E-state index in [1.165, 1.54) is 0 Å². The van der Waals surface area contributed by atoms with E-state index in [9.17, 15) is 0 Å². The van der Waals surface area contributed by atoms with Crippen LogP contribution in [-0.2, 0) is 0 Å². The van der Waals surface area contributed by atoms with E-state index in [-0.39, 0.29) is 0 Å². The summed E-state index contributed by atoms with van der Waals surface area (Å²) < 4.78 is 0. The number of nitrogens with two attached hydrogens (primary N) is 1. The molecule has 3 N–H and O–H groups in total. The minimum Gasteiger partial charge on any atom is -0.351 e. The molecule has 5 heteroatoms. The van der Waals surface area contributed by atoms with E-state index in [0.717, 1.165) is 24.2 Å². The van der Waals surface area contributed by atoms with Gasteiger partial charge >= 0.3 is 0 Å². The van der Waals surface area contributed by atoms with Crippen molar-refractivity contribution in [1.82, 2.24) is 9.97 Å². The number of nitrogens with zero attached hydrogens (tertiary/aromatic N) is 2. The van der Waals surface area contributed by atoms with Crippen molar-refractivity contribution >= 4 is 17.7 Å². The number of hydrogen-bond donors (Lipinski definition) is 2. The van der Waals surface area contributed by atoms with E-state index in [0.29, 0.717) is 18.0 Å². The SMILES string of the molecule is CSc1cnc(NC2CCC(N)C2)nc1. The second-order valence-corrected chi connectivity index (χ2v) is 4.74. The molecule has 1 aliphatic carbocycles. The van der Waals surface area contributed by atoms with Crippen LogP contribution >= 0.6 is 11.8 Å². The highest BCUT2D eigenvalue weighted by atomic mass is 32.2. The maximum atomic E-state index is 5.84. The Morgan fingerprint density at radius 3 is 2.67 bits per heavy atom. The summed E-state index contributed by atoms with van der Waals surface area (Å²) in [5.41, 5.74) is 5.84. The molecule has 1 fully saturated rings. The summed E-state index contributed by atoms with van der Waals surface area (Å²) in [7, 11) is 0. The van der Waals surface area contributed by atoms with Crippen molar-refractivity contribution in [2.45, 2.75) is 36.2 Å². The Bertz CT molecular complexity index is 314. The van der Waals surface area contributed by atoms with Gasteiger partial charge in [-0.3, -0.25) is 0 Å². The van der Waals surface area contributed by atoms with Crippen LogP contribution in [0.2, 0.25) is 0 Å². The molecule has 0 amide bonds. The highest BCUT2D eigenvalue weighted by molar-refractivity contribution is 7.98.